The quantitative estimate of drug-likeness (QED) is 0.581. The van der Waals surface area contributed by atoms with E-state index in [0.29, 0.717) is 0 Å². The first-order chi connectivity index (χ1) is 5.77. The van der Waals surface area contributed by atoms with Gasteiger partial charge in [0.05, 0.1) is 0 Å². The number of rotatable bonds is 0. The number of fused-ring (bicyclic) bond motifs is 1. The molecule has 0 atom stereocenters. The summed E-state index contributed by atoms with van der Waals surface area (Å²) in [5.74, 6) is 0. The van der Waals surface area contributed by atoms with Crippen molar-refractivity contribution >= 4 is 23.4 Å². The van der Waals surface area contributed by atoms with Gasteiger partial charge in [-0.15, -0.1) is 12.6 Å². The Morgan fingerprint density at radius 1 is 1.08 bits per heavy atom. The van der Waals surface area contributed by atoms with E-state index in [1.807, 2.05) is 6.07 Å². The van der Waals surface area contributed by atoms with Crippen LogP contribution in [-0.4, -0.2) is 0 Å². The van der Waals surface area contributed by atoms with E-state index in [9.17, 15) is 0 Å². The molecule has 0 N–H and O–H groups in total. The van der Waals surface area contributed by atoms with Gasteiger partial charge in [0.2, 0.25) is 0 Å². The zero-order valence-electron chi connectivity index (χ0n) is 6.91. The van der Waals surface area contributed by atoms with Gasteiger partial charge in [-0.1, -0.05) is 24.3 Å². The molecule has 2 rings (SSSR count). The molecular formula is C11H10S. The standard InChI is InChI=1S/C11H10S/c1-8-3-2-4-9-7-10(12)5-6-11(8)9/h2-7,12H,1H3. The van der Waals surface area contributed by atoms with Gasteiger partial charge in [-0.05, 0) is 35.4 Å². The summed E-state index contributed by atoms with van der Waals surface area (Å²) in [7, 11) is 0. The monoisotopic (exact) mass is 174 g/mol. The Bertz CT molecular complexity index is 418. The van der Waals surface area contributed by atoms with Crippen molar-refractivity contribution in [3.05, 3.63) is 42.0 Å². The molecule has 0 aliphatic rings. The van der Waals surface area contributed by atoms with Gasteiger partial charge in [-0.2, -0.15) is 0 Å². The highest BCUT2D eigenvalue weighted by atomic mass is 32.1. The molecule has 12 heavy (non-hydrogen) atoms. The second kappa shape index (κ2) is 2.83. The fourth-order valence-corrected chi connectivity index (χ4v) is 1.65. The molecule has 0 bridgehead atoms. The minimum Gasteiger partial charge on any atom is -0.143 e. The first-order valence-electron chi connectivity index (χ1n) is 3.96. The van der Waals surface area contributed by atoms with E-state index in [1.165, 1.54) is 16.3 Å². The van der Waals surface area contributed by atoms with Crippen LogP contribution in [0.5, 0.6) is 0 Å². The summed E-state index contributed by atoms with van der Waals surface area (Å²) < 4.78 is 0. The van der Waals surface area contributed by atoms with Gasteiger partial charge < -0.3 is 0 Å². The van der Waals surface area contributed by atoms with Crippen LogP contribution in [0.3, 0.4) is 0 Å². The lowest BCUT2D eigenvalue weighted by Gasteiger charge is -2.01. The molecule has 60 valence electrons. The van der Waals surface area contributed by atoms with Gasteiger partial charge >= 0.3 is 0 Å². The molecular weight excluding hydrogens is 164 g/mol. The third-order valence-electron chi connectivity index (χ3n) is 2.08. The van der Waals surface area contributed by atoms with E-state index in [4.69, 9.17) is 0 Å². The maximum atomic E-state index is 4.29. The average Bonchev–Trinajstić information content (AvgIpc) is 2.04. The maximum absolute atomic E-state index is 4.29. The highest BCUT2D eigenvalue weighted by Crippen LogP contribution is 2.20. The highest BCUT2D eigenvalue weighted by Gasteiger charge is 1.95. The van der Waals surface area contributed by atoms with E-state index in [1.54, 1.807) is 0 Å². The van der Waals surface area contributed by atoms with Gasteiger partial charge in [0.15, 0.2) is 0 Å². The first kappa shape index (κ1) is 7.69. The predicted octanol–water partition coefficient (Wildman–Crippen LogP) is 3.44. The molecule has 0 saturated heterocycles. The van der Waals surface area contributed by atoms with E-state index < -0.39 is 0 Å². The topological polar surface area (TPSA) is 0 Å². The summed E-state index contributed by atoms with van der Waals surface area (Å²) >= 11 is 4.29. The minimum atomic E-state index is 1.02. The molecule has 0 aliphatic heterocycles. The average molecular weight is 174 g/mol. The van der Waals surface area contributed by atoms with Crippen LogP contribution in [0.15, 0.2) is 41.3 Å². The van der Waals surface area contributed by atoms with Crippen molar-refractivity contribution in [2.24, 2.45) is 0 Å². The molecule has 0 radical (unpaired) electrons. The van der Waals surface area contributed by atoms with Crippen molar-refractivity contribution < 1.29 is 0 Å². The summed E-state index contributed by atoms with van der Waals surface area (Å²) in [5, 5.41) is 2.58. The van der Waals surface area contributed by atoms with Crippen LogP contribution in [0.2, 0.25) is 0 Å². The van der Waals surface area contributed by atoms with Crippen molar-refractivity contribution in [3.63, 3.8) is 0 Å². The van der Waals surface area contributed by atoms with E-state index in [2.05, 4.69) is 49.9 Å². The third-order valence-corrected chi connectivity index (χ3v) is 2.36. The fraction of sp³-hybridized carbons (Fsp3) is 0.0909. The smallest absolute Gasteiger partial charge is 0.00463 e. The van der Waals surface area contributed by atoms with E-state index in [-0.39, 0.29) is 0 Å². The van der Waals surface area contributed by atoms with Crippen LogP contribution < -0.4 is 0 Å². The molecule has 0 spiro atoms. The summed E-state index contributed by atoms with van der Waals surface area (Å²) in [5.41, 5.74) is 1.32. The van der Waals surface area contributed by atoms with Crippen molar-refractivity contribution in [3.8, 4) is 0 Å². The number of aryl methyl sites for hydroxylation is 1. The number of hydrogen-bond acceptors (Lipinski definition) is 1. The lowest BCUT2D eigenvalue weighted by molar-refractivity contribution is 1.48. The van der Waals surface area contributed by atoms with Crippen molar-refractivity contribution in [1.82, 2.24) is 0 Å². The Balaban J connectivity index is 2.86. The molecule has 0 aromatic heterocycles. The van der Waals surface area contributed by atoms with Crippen LogP contribution in [0, 0.1) is 6.92 Å². The second-order valence-corrected chi connectivity index (χ2v) is 3.50. The van der Waals surface area contributed by atoms with Crippen LogP contribution >= 0.6 is 12.6 Å². The Labute approximate surface area is 77.6 Å². The Morgan fingerprint density at radius 3 is 2.75 bits per heavy atom. The van der Waals surface area contributed by atoms with Gasteiger partial charge in [-0.3, -0.25) is 0 Å². The van der Waals surface area contributed by atoms with Gasteiger partial charge in [0.25, 0.3) is 0 Å². The third kappa shape index (κ3) is 1.21. The molecule has 0 aliphatic carbocycles. The van der Waals surface area contributed by atoms with Crippen LogP contribution in [0.4, 0.5) is 0 Å². The maximum Gasteiger partial charge on any atom is 0.00463 e. The van der Waals surface area contributed by atoms with E-state index >= 15 is 0 Å². The van der Waals surface area contributed by atoms with E-state index in [0.717, 1.165) is 4.90 Å². The molecule has 0 amide bonds. The summed E-state index contributed by atoms with van der Waals surface area (Å²) in [6.45, 7) is 2.13. The Morgan fingerprint density at radius 2 is 1.92 bits per heavy atom. The highest BCUT2D eigenvalue weighted by molar-refractivity contribution is 7.80. The Hall–Kier alpha value is -0.950. The summed E-state index contributed by atoms with van der Waals surface area (Å²) in [6, 6.07) is 12.5. The first-order valence-corrected chi connectivity index (χ1v) is 4.40. The Kier molecular flexibility index (Phi) is 1.81. The molecule has 2 aromatic rings. The van der Waals surface area contributed by atoms with Crippen molar-refractivity contribution in [2.45, 2.75) is 11.8 Å². The van der Waals surface area contributed by atoms with Gasteiger partial charge in [-0.25, -0.2) is 0 Å². The molecule has 0 heterocycles. The van der Waals surface area contributed by atoms with Crippen LogP contribution in [0.25, 0.3) is 10.8 Å². The molecule has 0 unspecified atom stereocenters. The lowest BCUT2D eigenvalue weighted by atomic mass is 10.1. The van der Waals surface area contributed by atoms with Gasteiger partial charge in [0, 0.05) is 4.90 Å². The zero-order valence-corrected chi connectivity index (χ0v) is 7.81. The lowest BCUT2D eigenvalue weighted by Crippen LogP contribution is -1.77. The summed E-state index contributed by atoms with van der Waals surface area (Å²) in [4.78, 5) is 1.02. The normalized spacial score (nSPS) is 10.5. The SMILES string of the molecule is Cc1cccc2cc(S)ccc12. The van der Waals surface area contributed by atoms with Crippen LogP contribution in [-0.2, 0) is 0 Å². The summed E-state index contributed by atoms with van der Waals surface area (Å²) in [6.07, 6.45) is 0. The molecule has 0 nitrogen and oxygen atoms in total. The minimum absolute atomic E-state index is 1.02. The molecule has 1 heteroatoms. The largest absolute Gasteiger partial charge is 0.143 e. The molecule has 0 saturated carbocycles. The number of hydrogen-bond donors (Lipinski definition) is 1. The zero-order chi connectivity index (χ0) is 8.55. The van der Waals surface area contributed by atoms with Gasteiger partial charge in [0.1, 0.15) is 0 Å². The fourth-order valence-electron chi connectivity index (χ4n) is 1.43. The predicted molar refractivity (Wildman–Crippen MR) is 55.9 cm³/mol. The van der Waals surface area contributed by atoms with Crippen molar-refractivity contribution in [2.75, 3.05) is 0 Å². The molecule has 0 fully saturated rings. The molecule has 2 aromatic carbocycles. The number of benzene rings is 2. The second-order valence-electron chi connectivity index (χ2n) is 2.98. The van der Waals surface area contributed by atoms with Crippen molar-refractivity contribution in [1.29, 1.82) is 0 Å². The van der Waals surface area contributed by atoms with Crippen LogP contribution in [0.1, 0.15) is 5.56 Å². The number of thiol groups is 1.